The Morgan fingerprint density at radius 2 is 1.42 bits per heavy atom. The minimum absolute atomic E-state index is 0.00256. The summed E-state index contributed by atoms with van der Waals surface area (Å²) in [7, 11) is 0. The molecule has 12 nitrogen and oxygen atoms in total. The summed E-state index contributed by atoms with van der Waals surface area (Å²) in [4.78, 5) is 60.4. The van der Waals surface area contributed by atoms with Gasteiger partial charge in [0.15, 0.2) is 0 Å². The van der Waals surface area contributed by atoms with Gasteiger partial charge in [-0.2, -0.15) is 0 Å². The van der Waals surface area contributed by atoms with E-state index in [0.717, 1.165) is 44.9 Å². The van der Waals surface area contributed by atoms with E-state index in [0.29, 0.717) is 19.3 Å². The van der Waals surface area contributed by atoms with Crippen LogP contribution in [0.15, 0.2) is 11.6 Å². The van der Waals surface area contributed by atoms with Crippen LogP contribution in [0.1, 0.15) is 106 Å². The second-order valence-corrected chi connectivity index (χ2v) is 17.2. The molecule has 0 saturated heterocycles. The van der Waals surface area contributed by atoms with Crippen molar-refractivity contribution in [3.8, 4) is 0 Å². The summed E-state index contributed by atoms with van der Waals surface area (Å²) < 4.78 is 11.5. The van der Waals surface area contributed by atoms with Gasteiger partial charge in [0.2, 0.25) is 0 Å². The van der Waals surface area contributed by atoms with Crippen LogP contribution in [0.3, 0.4) is 0 Å². The number of nitrogens with one attached hydrogen (secondary N) is 2. The molecule has 5 rings (SSSR count). The zero-order chi connectivity index (χ0) is 35.5. The Hall–Kier alpha value is -3.31. The first kappa shape index (κ1) is 36.0. The number of hydrogen-bond acceptors (Lipinski definition) is 7. The van der Waals surface area contributed by atoms with Crippen molar-refractivity contribution in [2.24, 2.45) is 50.2 Å². The highest BCUT2D eigenvalue weighted by Gasteiger charge is 2.70. The number of carboxylic acids is 3. The van der Waals surface area contributed by atoms with Crippen molar-refractivity contribution in [1.82, 2.24) is 10.6 Å². The van der Waals surface area contributed by atoms with Crippen molar-refractivity contribution in [2.45, 2.75) is 112 Å². The molecule has 0 spiro atoms. The molecule has 0 aromatic rings. The molecule has 5 aliphatic rings. The fourth-order valence-corrected chi connectivity index (χ4v) is 11.5. The third-order valence-corrected chi connectivity index (χ3v) is 14.3. The minimum Gasteiger partial charge on any atom is -0.481 e. The van der Waals surface area contributed by atoms with E-state index in [1.54, 1.807) is 0 Å². The highest BCUT2D eigenvalue weighted by Crippen LogP contribution is 2.76. The van der Waals surface area contributed by atoms with Crippen LogP contribution < -0.4 is 10.6 Å². The van der Waals surface area contributed by atoms with Gasteiger partial charge < -0.3 is 35.4 Å². The number of carboxylic acid groups (broad SMARTS) is 3. The Kier molecular flexibility index (Phi) is 9.17. The Morgan fingerprint density at radius 3 is 2.04 bits per heavy atom. The molecule has 4 fully saturated rings. The standard InChI is InChI=1S/C36H54N2O10/c1-31(2)13-15-36(28(43)44)16-14-34(5)21(22(36)17-31)7-8-24-32(3)11-10-25(48-30(46)38-19-27(41)42)33(4,23(32)9-12-35(24,34)6)20-47-29(45)37-18-26(39)40/h7,22-25H,8-20H2,1-6H3,(H,37,45)(H,38,46)(H,39,40)(H,41,42)(H,43,44)/t22-,23?,24?,25?,32-,33-,34+,35+,36-/m0/s1. The van der Waals surface area contributed by atoms with Crippen molar-refractivity contribution in [1.29, 1.82) is 0 Å². The first-order valence-corrected chi connectivity index (χ1v) is 17.5. The van der Waals surface area contributed by atoms with E-state index in [1.165, 1.54) is 5.57 Å². The second-order valence-electron chi connectivity index (χ2n) is 17.2. The lowest BCUT2D eigenvalue weighted by atomic mass is 9.33. The molecule has 0 aliphatic heterocycles. The molecule has 5 N–H and O–H groups in total. The fraction of sp³-hybridized carbons (Fsp3) is 0.806. The highest BCUT2D eigenvalue weighted by molar-refractivity contribution is 5.77. The van der Waals surface area contributed by atoms with Crippen molar-refractivity contribution >= 4 is 30.1 Å². The van der Waals surface area contributed by atoms with Gasteiger partial charge in [0.25, 0.3) is 0 Å². The van der Waals surface area contributed by atoms with Crippen LogP contribution in [0.4, 0.5) is 9.59 Å². The quantitative estimate of drug-likeness (QED) is 0.196. The third kappa shape index (κ3) is 5.74. The first-order chi connectivity index (χ1) is 22.2. The predicted molar refractivity (Wildman–Crippen MR) is 174 cm³/mol. The van der Waals surface area contributed by atoms with Crippen LogP contribution in [0.5, 0.6) is 0 Å². The first-order valence-electron chi connectivity index (χ1n) is 17.5. The third-order valence-electron chi connectivity index (χ3n) is 14.3. The van der Waals surface area contributed by atoms with Crippen LogP contribution in [0.2, 0.25) is 0 Å². The summed E-state index contributed by atoms with van der Waals surface area (Å²) >= 11 is 0. The zero-order valence-electron chi connectivity index (χ0n) is 29.3. The van der Waals surface area contributed by atoms with Crippen LogP contribution in [0, 0.1) is 50.2 Å². The van der Waals surface area contributed by atoms with Crippen molar-refractivity contribution < 1.29 is 48.8 Å². The average Bonchev–Trinajstić information content (AvgIpc) is 2.99. The molecule has 48 heavy (non-hydrogen) atoms. The normalized spacial score (nSPS) is 41.1. The molecule has 0 heterocycles. The molecule has 4 saturated carbocycles. The Labute approximate surface area is 282 Å². The van der Waals surface area contributed by atoms with E-state index in [1.807, 2.05) is 6.92 Å². The second kappa shape index (κ2) is 12.2. The van der Waals surface area contributed by atoms with E-state index in [9.17, 15) is 29.1 Å². The van der Waals surface area contributed by atoms with E-state index >= 15 is 0 Å². The van der Waals surface area contributed by atoms with E-state index < -0.39 is 60.1 Å². The van der Waals surface area contributed by atoms with Gasteiger partial charge in [-0.25, -0.2) is 9.59 Å². The molecule has 0 aromatic carbocycles. The lowest BCUT2D eigenvalue weighted by Gasteiger charge is -2.71. The number of hydrogen-bond donors (Lipinski definition) is 5. The lowest BCUT2D eigenvalue weighted by molar-refractivity contribution is -0.216. The van der Waals surface area contributed by atoms with Gasteiger partial charge in [0, 0.05) is 5.41 Å². The van der Waals surface area contributed by atoms with Crippen molar-refractivity contribution in [3.63, 3.8) is 0 Å². The number of alkyl carbamates (subject to hydrolysis) is 2. The molecule has 268 valence electrons. The number of carbonyl (C=O) groups is 5. The molecule has 5 aliphatic carbocycles. The van der Waals surface area contributed by atoms with E-state index in [2.05, 4.69) is 51.3 Å². The Morgan fingerprint density at radius 1 is 0.792 bits per heavy atom. The molecule has 0 aromatic heterocycles. The summed E-state index contributed by atoms with van der Waals surface area (Å²) in [6, 6.07) is 0. The lowest BCUT2D eigenvalue weighted by Crippen LogP contribution is -2.66. The maximum absolute atomic E-state index is 13.0. The smallest absolute Gasteiger partial charge is 0.407 e. The van der Waals surface area contributed by atoms with Crippen LogP contribution in [-0.4, -0.2) is 71.2 Å². The number of rotatable bonds is 8. The summed E-state index contributed by atoms with van der Waals surface area (Å²) in [5, 5.41) is 33.2. The monoisotopic (exact) mass is 674 g/mol. The van der Waals surface area contributed by atoms with Gasteiger partial charge in [-0.1, -0.05) is 53.2 Å². The van der Waals surface area contributed by atoms with Crippen LogP contribution in [0.25, 0.3) is 0 Å². The van der Waals surface area contributed by atoms with Crippen molar-refractivity contribution in [2.75, 3.05) is 19.7 Å². The molecule has 2 amide bonds. The SMILES string of the molecule is CC1(C)CC[C@]2(C(=O)O)CC[C@]3(C)C(=CCC4[C@@]5(C)CCC(OC(=O)NCC(=O)O)[C@@](C)(COC(=O)NCC(=O)O)C5CC[C@]43C)[C@@H]2C1. The Bertz CT molecular complexity index is 1390. The highest BCUT2D eigenvalue weighted by atomic mass is 16.6. The Balaban J connectivity index is 1.49. The number of allylic oxidation sites excluding steroid dienone is 2. The van der Waals surface area contributed by atoms with Gasteiger partial charge in [-0.15, -0.1) is 0 Å². The number of carbonyl (C=O) groups excluding carboxylic acids is 2. The van der Waals surface area contributed by atoms with E-state index in [4.69, 9.17) is 19.7 Å². The summed E-state index contributed by atoms with van der Waals surface area (Å²) in [5.41, 5.74) is -0.734. The van der Waals surface area contributed by atoms with Gasteiger partial charge >= 0.3 is 30.1 Å². The summed E-state index contributed by atoms with van der Waals surface area (Å²) in [5.74, 6) is -2.89. The maximum Gasteiger partial charge on any atom is 0.407 e. The van der Waals surface area contributed by atoms with Gasteiger partial charge in [-0.05, 0) is 104 Å². The number of amides is 2. The van der Waals surface area contributed by atoms with Crippen LogP contribution in [-0.2, 0) is 23.9 Å². The molecule has 3 unspecified atom stereocenters. The predicted octanol–water partition coefficient (Wildman–Crippen LogP) is 5.84. The van der Waals surface area contributed by atoms with Gasteiger partial charge in [-0.3, -0.25) is 14.4 Å². The van der Waals surface area contributed by atoms with Crippen molar-refractivity contribution in [3.05, 3.63) is 11.6 Å². The van der Waals surface area contributed by atoms with E-state index in [-0.39, 0.29) is 46.0 Å². The van der Waals surface area contributed by atoms with Gasteiger partial charge in [0.05, 0.1) is 5.41 Å². The maximum atomic E-state index is 13.0. The summed E-state index contributed by atoms with van der Waals surface area (Å²) in [6.45, 7) is 12.3. The zero-order valence-corrected chi connectivity index (χ0v) is 29.3. The number of aliphatic carboxylic acids is 3. The average molecular weight is 675 g/mol. The molecular formula is C36H54N2O10. The molecule has 0 radical (unpaired) electrons. The minimum atomic E-state index is -1.20. The summed E-state index contributed by atoms with van der Waals surface area (Å²) in [6.07, 6.45) is 7.58. The van der Waals surface area contributed by atoms with Gasteiger partial charge in [0.1, 0.15) is 25.8 Å². The molecule has 9 atom stereocenters. The number of ether oxygens (including phenoxy) is 2. The van der Waals surface area contributed by atoms with Crippen LogP contribution >= 0.6 is 0 Å². The largest absolute Gasteiger partial charge is 0.481 e. The molecular weight excluding hydrogens is 620 g/mol. The fourth-order valence-electron chi connectivity index (χ4n) is 11.5. The topological polar surface area (TPSA) is 189 Å². The molecule has 12 heteroatoms. The molecule has 0 bridgehead atoms. The number of fused-ring (bicyclic) bond motifs is 7.